The van der Waals surface area contributed by atoms with Crippen molar-refractivity contribution < 1.29 is 42.3 Å². The van der Waals surface area contributed by atoms with Gasteiger partial charge in [0.1, 0.15) is 0 Å². The molecule has 0 aliphatic rings. The average molecular weight is 738 g/mol. The second-order valence-corrected chi connectivity index (χ2v) is 9.28. The van der Waals surface area contributed by atoms with Crippen LogP contribution in [0.2, 0.25) is 0 Å². The number of aromatic nitrogens is 2. The zero-order valence-corrected chi connectivity index (χ0v) is 24.3. The van der Waals surface area contributed by atoms with Gasteiger partial charge in [-0.1, -0.05) is 71.8 Å². The Morgan fingerprint density at radius 1 is 0.524 bits per heavy atom. The second-order valence-electron chi connectivity index (χ2n) is 9.28. The van der Waals surface area contributed by atoms with E-state index in [2.05, 4.69) is 22.1 Å². The van der Waals surface area contributed by atoms with Gasteiger partial charge in [-0.15, -0.1) is 47.5 Å². The first kappa shape index (κ1) is 17.6. The van der Waals surface area contributed by atoms with Crippen LogP contribution in [0.1, 0.15) is 38.7 Å². The van der Waals surface area contributed by atoms with Crippen molar-refractivity contribution in [2.45, 2.75) is 27.4 Å². The van der Waals surface area contributed by atoms with Gasteiger partial charge in [-0.05, 0) is 72.9 Å². The topological polar surface area (TPSA) is 35.0 Å². The zero-order chi connectivity index (χ0) is 38.3. The Bertz CT molecular complexity index is 2140. The standard InChI is InChI=1S/C38H30N2O.Pt/c1-25-19-37(39-23-27(25)3)35-17-7-5-15-33(35)29-11-9-13-31(21-29)41-32-14-10-12-30(22-32)34-16-6-8-18-36(34)38-20-26(2)28(4)24-40-38;/h5-20,23-24H,1-4H3;/q-2;+2/i1D3,2D3,3D3,4D3;. The van der Waals surface area contributed by atoms with E-state index in [1.54, 1.807) is 48.5 Å². The molecule has 42 heavy (non-hydrogen) atoms. The van der Waals surface area contributed by atoms with E-state index < -0.39 is 27.4 Å². The van der Waals surface area contributed by atoms with Crippen molar-refractivity contribution in [3.8, 4) is 56.3 Å². The second kappa shape index (κ2) is 12.7. The summed E-state index contributed by atoms with van der Waals surface area (Å²) in [5.41, 5.74) is 2.98. The molecule has 4 aromatic carbocycles. The molecule has 2 heterocycles. The molecule has 4 heteroatoms. The van der Waals surface area contributed by atoms with Gasteiger partial charge >= 0.3 is 21.1 Å². The van der Waals surface area contributed by atoms with Crippen LogP contribution in [0.25, 0.3) is 44.8 Å². The molecule has 0 atom stereocenters. The predicted octanol–water partition coefficient (Wildman–Crippen LogP) is 9.77. The number of ether oxygens (including phenoxy) is 1. The van der Waals surface area contributed by atoms with E-state index >= 15 is 0 Å². The van der Waals surface area contributed by atoms with Gasteiger partial charge in [0.15, 0.2) is 0 Å². The van der Waals surface area contributed by atoms with Gasteiger partial charge < -0.3 is 4.74 Å². The van der Waals surface area contributed by atoms with Gasteiger partial charge in [0.05, 0.1) is 11.4 Å². The Hall–Kier alpha value is -4.33. The number of nitrogens with zero attached hydrogens (tertiary/aromatic N) is 2. The van der Waals surface area contributed by atoms with Crippen LogP contribution in [-0.2, 0) is 21.1 Å². The van der Waals surface area contributed by atoms with Crippen LogP contribution in [0, 0.1) is 39.5 Å². The molecule has 0 radical (unpaired) electrons. The molecule has 0 aliphatic carbocycles. The normalized spacial score (nSPS) is 16.1. The molecule has 0 fully saturated rings. The Kier molecular flexibility index (Phi) is 5.31. The van der Waals surface area contributed by atoms with Crippen molar-refractivity contribution in [1.29, 1.82) is 0 Å². The van der Waals surface area contributed by atoms with Crippen molar-refractivity contribution in [2.75, 3.05) is 0 Å². The molecule has 0 bridgehead atoms. The molecule has 2 aromatic heterocycles. The van der Waals surface area contributed by atoms with E-state index in [9.17, 15) is 0 Å². The number of hydrogen-bond donors (Lipinski definition) is 0. The summed E-state index contributed by atoms with van der Waals surface area (Å²) in [6.45, 7) is -10.7. The molecule has 6 aromatic rings. The first-order valence-electron chi connectivity index (χ1n) is 18.7. The quantitative estimate of drug-likeness (QED) is 0.160. The van der Waals surface area contributed by atoms with Crippen molar-refractivity contribution in [1.82, 2.24) is 9.97 Å². The monoisotopic (exact) mass is 737 g/mol. The van der Waals surface area contributed by atoms with Crippen LogP contribution < -0.4 is 4.74 Å². The summed E-state index contributed by atoms with van der Waals surface area (Å²) in [6.07, 6.45) is 2.19. The van der Waals surface area contributed by atoms with E-state index in [-0.39, 0.29) is 54.7 Å². The fraction of sp³-hybridized carbons (Fsp3) is 0.105. The minimum absolute atomic E-state index is 0. The smallest absolute Gasteiger partial charge is 0.497 e. The van der Waals surface area contributed by atoms with Gasteiger partial charge in [0.25, 0.3) is 0 Å². The maximum atomic E-state index is 7.98. The summed E-state index contributed by atoms with van der Waals surface area (Å²) in [7, 11) is 0. The molecular formula is C38H30N2OPt. The zero-order valence-electron chi connectivity index (χ0n) is 34.0. The van der Waals surface area contributed by atoms with Crippen LogP contribution in [0.4, 0.5) is 0 Å². The summed E-state index contributed by atoms with van der Waals surface area (Å²) in [4.78, 5) is 8.70. The summed E-state index contributed by atoms with van der Waals surface area (Å²) in [5.74, 6) is 0.689. The Morgan fingerprint density at radius 2 is 0.952 bits per heavy atom. The van der Waals surface area contributed by atoms with E-state index in [0.29, 0.717) is 44.9 Å². The molecule has 0 aliphatic heterocycles. The SMILES string of the molecule is [2H]C([2H])([2H])c1cnc(-c2ccccc2-c2[c-]c(Oc3[c-]c(-c4ccccc4-c4cc(C([2H])([2H])[2H])c(C([2H])([2H])[2H])cn4)ccc3)ccc2)cc1C([2H])([2H])[2H].[Pt+2]. The van der Waals surface area contributed by atoms with E-state index in [1.807, 2.05) is 36.4 Å². The fourth-order valence-corrected chi connectivity index (χ4v) is 4.54. The van der Waals surface area contributed by atoms with Crippen molar-refractivity contribution in [3.05, 3.63) is 144 Å². The number of pyridine rings is 2. The molecule has 0 spiro atoms. The Labute approximate surface area is 279 Å². The largest absolute Gasteiger partial charge is 2.00 e. The minimum atomic E-state index is -2.68. The van der Waals surface area contributed by atoms with Gasteiger partial charge in [-0.2, -0.15) is 0 Å². The summed E-state index contributed by atoms with van der Waals surface area (Å²) < 4.78 is 101. The molecular weight excluding hydrogens is 696 g/mol. The van der Waals surface area contributed by atoms with Gasteiger partial charge in [0, 0.05) is 40.3 Å². The molecule has 0 unspecified atom stereocenters. The third kappa shape index (κ3) is 6.12. The van der Waals surface area contributed by atoms with Gasteiger partial charge in [-0.25, -0.2) is 0 Å². The summed E-state index contributed by atoms with van der Waals surface area (Å²) >= 11 is 0. The molecule has 0 saturated heterocycles. The van der Waals surface area contributed by atoms with E-state index in [0.717, 1.165) is 12.4 Å². The van der Waals surface area contributed by atoms with E-state index in [1.165, 1.54) is 12.1 Å². The van der Waals surface area contributed by atoms with Crippen LogP contribution in [0.3, 0.4) is 0 Å². The number of hydrogen-bond acceptors (Lipinski definition) is 3. The average Bonchev–Trinajstić information content (AvgIpc) is 3.10. The maximum Gasteiger partial charge on any atom is 2.00 e. The molecule has 3 nitrogen and oxygen atoms in total. The summed E-state index contributed by atoms with van der Waals surface area (Å²) in [5, 5.41) is 0. The van der Waals surface area contributed by atoms with Gasteiger partial charge in [-0.3, -0.25) is 9.97 Å². The van der Waals surface area contributed by atoms with E-state index in [4.69, 9.17) is 21.2 Å². The third-order valence-corrected chi connectivity index (χ3v) is 6.55. The molecule has 208 valence electrons. The molecule has 0 amide bonds. The van der Waals surface area contributed by atoms with Crippen LogP contribution in [-0.4, -0.2) is 9.97 Å². The van der Waals surface area contributed by atoms with Crippen LogP contribution in [0.15, 0.2) is 109 Å². The Balaban J connectivity index is 0.00000561. The summed E-state index contributed by atoms with van der Waals surface area (Å²) in [6, 6.07) is 34.0. The number of rotatable bonds is 6. The number of aryl methyl sites for hydroxylation is 4. The van der Waals surface area contributed by atoms with Crippen LogP contribution in [0.5, 0.6) is 11.5 Å². The first-order chi connectivity index (χ1) is 24.8. The minimum Gasteiger partial charge on any atom is -0.497 e. The van der Waals surface area contributed by atoms with Crippen molar-refractivity contribution in [3.63, 3.8) is 0 Å². The molecule has 0 N–H and O–H groups in total. The third-order valence-electron chi connectivity index (χ3n) is 6.55. The van der Waals surface area contributed by atoms with Crippen LogP contribution >= 0.6 is 0 Å². The maximum absolute atomic E-state index is 7.98. The van der Waals surface area contributed by atoms with Gasteiger partial charge in [0.2, 0.25) is 0 Å². The molecule has 0 saturated carbocycles. The first-order valence-corrected chi connectivity index (χ1v) is 12.7. The Morgan fingerprint density at radius 3 is 1.38 bits per heavy atom. The fourth-order valence-electron chi connectivity index (χ4n) is 4.54. The predicted molar refractivity (Wildman–Crippen MR) is 167 cm³/mol. The molecule has 6 rings (SSSR count). The van der Waals surface area contributed by atoms with Crippen molar-refractivity contribution in [2.24, 2.45) is 0 Å². The van der Waals surface area contributed by atoms with Crippen molar-refractivity contribution >= 4 is 0 Å². The number of benzene rings is 4.